The molecule has 4 N–H and O–H groups in total. The first-order valence-electron chi connectivity index (χ1n) is 10.9. The van der Waals surface area contributed by atoms with E-state index < -0.39 is 11.8 Å². The SMILES string of the molecule is Cc1nc(NCCc2c(C)[nH]c3c(F)ccc(C)c23)cc(Nc2cccc3c2C(=O)NC3=O)n1. The molecular weight excluding hydrogens is 435 g/mol. The number of H-pyrrole nitrogens is 1. The van der Waals surface area contributed by atoms with Crippen molar-refractivity contribution >= 4 is 40.0 Å². The number of aromatic nitrogens is 3. The van der Waals surface area contributed by atoms with Crippen LogP contribution in [0.2, 0.25) is 0 Å². The van der Waals surface area contributed by atoms with Gasteiger partial charge < -0.3 is 15.6 Å². The average Bonchev–Trinajstić information content (AvgIpc) is 3.28. The van der Waals surface area contributed by atoms with Crippen LogP contribution in [0.15, 0.2) is 36.4 Å². The molecule has 0 saturated heterocycles. The van der Waals surface area contributed by atoms with Crippen molar-refractivity contribution in [2.75, 3.05) is 17.2 Å². The van der Waals surface area contributed by atoms with Gasteiger partial charge in [-0.2, -0.15) is 0 Å². The summed E-state index contributed by atoms with van der Waals surface area (Å²) in [4.78, 5) is 36.1. The molecule has 4 aromatic rings. The van der Waals surface area contributed by atoms with Crippen LogP contribution in [0.3, 0.4) is 0 Å². The Balaban J connectivity index is 1.35. The normalized spacial score (nSPS) is 12.7. The lowest BCUT2D eigenvalue weighted by molar-refractivity contribution is 0.0880. The molecule has 3 heterocycles. The van der Waals surface area contributed by atoms with Crippen molar-refractivity contribution in [1.29, 1.82) is 0 Å². The van der Waals surface area contributed by atoms with Crippen molar-refractivity contribution in [3.8, 4) is 0 Å². The molecule has 8 nitrogen and oxygen atoms in total. The maximum absolute atomic E-state index is 14.2. The minimum Gasteiger partial charge on any atom is -0.370 e. The summed E-state index contributed by atoms with van der Waals surface area (Å²) in [5.41, 5.74) is 4.71. The number of nitrogens with one attached hydrogen (secondary N) is 4. The number of anilines is 3. The Kier molecular flexibility index (Phi) is 5.24. The van der Waals surface area contributed by atoms with Crippen LogP contribution in [0.5, 0.6) is 0 Å². The van der Waals surface area contributed by atoms with Crippen LogP contribution in [0.4, 0.5) is 21.7 Å². The Morgan fingerprint density at radius 3 is 2.62 bits per heavy atom. The Morgan fingerprint density at radius 2 is 1.79 bits per heavy atom. The number of carbonyl (C=O) groups is 2. The van der Waals surface area contributed by atoms with Crippen LogP contribution in [-0.2, 0) is 6.42 Å². The van der Waals surface area contributed by atoms with Gasteiger partial charge in [0.2, 0.25) is 0 Å². The third-order valence-corrected chi connectivity index (χ3v) is 5.97. The average molecular weight is 458 g/mol. The van der Waals surface area contributed by atoms with Crippen LogP contribution in [-0.4, -0.2) is 33.3 Å². The van der Waals surface area contributed by atoms with Gasteiger partial charge in [-0.1, -0.05) is 12.1 Å². The lowest BCUT2D eigenvalue weighted by Crippen LogP contribution is -2.20. The van der Waals surface area contributed by atoms with Gasteiger partial charge in [0, 0.05) is 23.7 Å². The molecule has 0 saturated carbocycles. The van der Waals surface area contributed by atoms with Gasteiger partial charge in [0.05, 0.1) is 22.3 Å². The molecule has 2 aromatic carbocycles. The largest absolute Gasteiger partial charge is 0.370 e. The zero-order valence-electron chi connectivity index (χ0n) is 19.0. The van der Waals surface area contributed by atoms with Crippen molar-refractivity contribution in [2.24, 2.45) is 0 Å². The molecule has 5 rings (SSSR count). The third-order valence-electron chi connectivity index (χ3n) is 5.97. The molecule has 0 radical (unpaired) electrons. The van der Waals surface area contributed by atoms with E-state index in [4.69, 9.17) is 0 Å². The highest BCUT2D eigenvalue weighted by Crippen LogP contribution is 2.29. The maximum Gasteiger partial charge on any atom is 0.261 e. The second kappa shape index (κ2) is 8.26. The quantitative estimate of drug-likeness (QED) is 0.321. The Labute approximate surface area is 195 Å². The fourth-order valence-electron chi connectivity index (χ4n) is 4.45. The summed E-state index contributed by atoms with van der Waals surface area (Å²) in [6, 6.07) is 10.1. The first kappa shape index (κ1) is 21.6. The number of benzene rings is 2. The molecule has 1 aliphatic heterocycles. The third kappa shape index (κ3) is 3.75. The van der Waals surface area contributed by atoms with Crippen molar-refractivity contribution in [2.45, 2.75) is 27.2 Å². The van der Waals surface area contributed by atoms with Gasteiger partial charge in [-0.25, -0.2) is 14.4 Å². The van der Waals surface area contributed by atoms with Crippen LogP contribution in [0.1, 0.15) is 43.4 Å². The van der Waals surface area contributed by atoms with E-state index in [-0.39, 0.29) is 5.82 Å². The first-order chi connectivity index (χ1) is 16.3. The fourth-order valence-corrected chi connectivity index (χ4v) is 4.45. The molecule has 0 bridgehead atoms. The van der Waals surface area contributed by atoms with E-state index in [2.05, 4.69) is 30.9 Å². The summed E-state index contributed by atoms with van der Waals surface area (Å²) in [5, 5.41) is 9.68. The number of hydrogen-bond donors (Lipinski definition) is 4. The van der Waals surface area contributed by atoms with Gasteiger partial charge in [0.25, 0.3) is 11.8 Å². The minimum absolute atomic E-state index is 0.257. The number of hydrogen-bond acceptors (Lipinski definition) is 6. The number of amides is 2. The number of aryl methyl sites for hydroxylation is 3. The number of aromatic amines is 1. The van der Waals surface area contributed by atoms with Crippen LogP contribution in [0.25, 0.3) is 10.9 Å². The summed E-state index contributed by atoms with van der Waals surface area (Å²) < 4.78 is 14.2. The van der Waals surface area contributed by atoms with Gasteiger partial charge >= 0.3 is 0 Å². The summed E-state index contributed by atoms with van der Waals surface area (Å²) in [6.07, 6.45) is 0.677. The van der Waals surface area contributed by atoms with Crippen LogP contribution in [0, 0.1) is 26.6 Å². The molecular formula is C25H23FN6O2. The van der Waals surface area contributed by atoms with E-state index in [1.807, 2.05) is 13.8 Å². The Morgan fingerprint density at radius 1 is 1.00 bits per heavy atom. The highest BCUT2D eigenvalue weighted by Gasteiger charge is 2.29. The molecule has 2 amide bonds. The topological polar surface area (TPSA) is 112 Å². The first-order valence-corrected chi connectivity index (χ1v) is 10.9. The standard InChI is InChI=1S/C25H23FN6O2/c1-12-7-8-17(26)23-21(12)15(13(2)28-23)9-10-27-19-11-20(30-14(3)29-19)31-18-6-4-5-16-22(18)25(34)32-24(16)33/h4-8,11,28H,9-10H2,1-3H3,(H,32,33,34)(H2,27,29,30,31). The molecule has 0 fully saturated rings. The molecule has 0 atom stereocenters. The number of halogens is 1. The van der Waals surface area contributed by atoms with Gasteiger partial charge in [-0.05, 0) is 56.5 Å². The molecule has 172 valence electrons. The highest BCUT2D eigenvalue weighted by atomic mass is 19.1. The number of nitrogens with zero attached hydrogens (tertiary/aromatic N) is 2. The number of imide groups is 1. The molecule has 2 aromatic heterocycles. The lowest BCUT2D eigenvalue weighted by atomic mass is 10.0. The minimum atomic E-state index is -0.437. The smallest absolute Gasteiger partial charge is 0.261 e. The summed E-state index contributed by atoms with van der Waals surface area (Å²) in [6.45, 7) is 6.28. The van der Waals surface area contributed by atoms with Crippen molar-refractivity contribution in [3.63, 3.8) is 0 Å². The molecule has 34 heavy (non-hydrogen) atoms. The zero-order valence-corrected chi connectivity index (χ0v) is 19.0. The molecule has 1 aliphatic rings. The van der Waals surface area contributed by atoms with Crippen molar-refractivity contribution in [1.82, 2.24) is 20.3 Å². The Hall–Kier alpha value is -4.27. The predicted octanol–water partition coefficient (Wildman–Crippen LogP) is 4.30. The van der Waals surface area contributed by atoms with E-state index in [1.54, 1.807) is 37.3 Å². The number of carbonyl (C=O) groups excluding carboxylic acids is 2. The van der Waals surface area contributed by atoms with Gasteiger partial charge in [-0.15, -0.1) is 0 Å². The summed E-state index contributed by atoms with van der Waals surface area (Å²) in [7, 11) is 0. The van der Waals surface area contributed by atoms with Crippen LogP contribution >= 0.6 is 0 Å². The molecule has 0 aliphatic carbocycles. The zero-order chi connectivity index (χ0) is 24.0. The van der Waals surface area contributed by atoms with Gasteiger partial charge in [-0.3, -0.25) is 14.9 Å². The maximum atomic E-state index is 14.2. The van der Waals surface area contributed by atoms with Crippen molar-refractivity contribution in [3.05, 3.63) is 76.0 Å². The van der Waals surface area contributed by atoms with E-state index in [0.29, 0.717) is 52.8 Å². The van der Waals surface area contributed by atoms with Crippen molar-refractivity contribution < 1.29 is 14.0 Å². The Bertz CT molecular complexity index is 1480. The van der Waals surface area contributed by atoms with E-state index >= 15 is 0 Å². The highest BCUT2D eigenvalue weighted by molar-refractivity contribution is 6.24. The summed E-state index contributed by atoms with van der Waals surface area (Å²) >= 11 is 0. The summed E-state index contributed by atoms with van der Waals surface area (Å²) in [5.74, 6) is 0.551. The molecule has 9 heteroatoms. The second-order valence-corrected chi connectivity index (χ2v) is 8.34. The number of rotatable bonds is 6. The van der Waals surface area contributed by atoms with Crippen LogP contribution < -0.4 is 16.0 Å². The van der Waals surface area contributed by atoms with E-state index in [1.165, 1.54) is 6.07 Å². The predicted molar refractivity (Wildman–Crippen MR) is 128 cm³/mol. The molecule has 0 spiro atoms. The van der Waals surface area contributed by atoms with E-state index in [0.717, 1.165) is 22.2 Å². The molecule has 0 unspecified atom stereocenters. The monoisotopic (exact) mass is 458 g/mol. The second-order valence-electron chi connectivity index (χ2n) is 8.34. The van der Waals surface area contributed by atoms with Gasteiger partial charge in [0.1, 0.15) is 23.3 Å². The lowest BCUT2D eigenvalue weighted by Gasteiger charge is -2.12. The van der Waals surface area contributed by atoms with E-state index in [9.17, 15) is 14.0 Å². The van der Waals surface area contributed by atoms with Gasteiger partial charge in [0.15, 0.2) is 0 Å². The number of fused-ring (bicyclic) bond motifs is 2. The fraction of sp³-hybridized carbons (Fsp3) is 0.200.